The summed E-state index contributed by atoms with van der Waals surface area (Å²) in [6, 6.07) is 5.41. The molecule has 1 saturated heterocycles. The first kappa shape index (κ1) is 20.3. The van der Waals surface area contributed by atoms with Gasteiger partial charge in [-0.3, -0.25) is 4.79 Å². The second-order valence-corrected chi connectivity index (χ2v) is 8.48. The topological polar surface area (TPSA) is 110 Å². The predicted octanol–water partition coefficient (Wildman–Crippen LogP) is 1.57. The Hall–Kier alpha value is -2.43. The van der Waals surface area contributed by atoms with Gasteiger partial charge in [0.05, 0.1) is 23.4 Å². The van der Waals surface area contributed by atoms with Crippen LogP contribution in [-0.4, -0.2) is 67.9 Å². The van der Waals surface area contributed by atoms with Crippen LogP contribution in [0.3, 0.4) is 0 Å². The predicted molar refractivity (Wildman–Crippen MR) is 98.7 cm³/mol. The number of ether oxygens (including phenoxy) is 1. The van der Waals surface area contributed by atoms with E-state index in [0.717, 1.165) is 0 Å². The molecule has 1 aromatic heterocycles. The molecule has 0 spiro atoms. The molecular formula is C17H18ClN3O6S. The molecule has 0 atom stereocenters. The smallest absolute Gasteiger partial charge is 0.337 e. The van der Waals surface area contributed by atoms with E-state index in [2.05, 4.69) is 9.89 Å². The fourth-order valence-electron chi connectivity index (χ4n) is 2.85. The number of carbonyl (C=O) groups excluding carboxylic acids is 2. The average Bonchev–Trinajstić information content (AvgIpc) is 3.12. The number of esters is 1. The largest absolute Gasteiger partial charge is 0.465 e. The molecule has 1 amide bonds. The van der Waals surface area contributed by atoms with Crippen molar-refractivity contribution in [1.82, 2.24) is 14.4 Å². The third-order valence-corrected chi connectivity index (χ3v) is 6.72. The minimum absolute atomic E-state index is 0.0708. The minimum Gasteiger partial charge on any atom is -0.465 e. The molecule has 2 heterocycles. The van der Waals surface area contributed by atoms with Crippen LogP contribution in [0.2, 0.25) is 5.02 Å². The van der Waals surface area contributed by atoms with Gasteiger partial charge in [-0.25, -0.2) is 13.2 Å². The number of benzene rings is 1. The zero-order valence-corrected chi connectivity index (χ0v) is 16.8. The van der Waals surface area contributed by atoms with Crippen molar-refractivity contribution in [2.24, 2.45) is 0 Å². The summed E-state index contributed by atoms with van der Waals surface area (Å²) in [4.78, 5) is 25.3. The molecule has 1 aliphatic heterocycles. The van der Waals surface area contributed by atoms with Crippen LogP contribution in [0.4, 0.5) is 0 Å². The highest BCUT2D eigenvalue weighted by atomic mass is 35.5. The van der Waals surface area contributed by atoms with Crippen molar-refractivity contribution in [3.8, 4) is 0 Å². The summed E-state index contributed by atoms with van der Waals surface area (Å²) in [5, 5.41) is 3.61. The lowest BCUT2D eigenvalue weighted by Gasteiger charge is -2.33. The quantitative estimate of drug-likeness (QED) is 0.681. The Morgan fingerprint density at radius 2 is 1.86 bits per heavy atom. The minimum atomic E-state index is -3.88. The molecule has 0 unspecified atom stereocenters. The van der Waals surface area contributed by atoms with E-state index >= 15 is 0 Å². The van der Waals surface area contributed by atoms with Gasteiger partial charge in [0.25, 0.3) is 5.91 Å². The molecule has 3 rings (SSSR count). The highest BCUT2D eigenvalue weighted by Gasteiger charge is 2.32. The van der Waals surface area contributed by atoms with Gasteiger partial charge >= 0.3 is 5.97 Å². The normalized spacial score (nSPS) is 15.5. The molecule has 11 heteroatoms. The third kappa shape index (κ3) is 3.89. The van der Waals surface area contributed by atoms with Crippen LogP contribution in [0.1, 0.15) is 26.6 Å². The molecule has 0 N–H and O–H groups in total. The van der Waals surface area contributed by atoms with E-state index in [1.807, 2.05) is 0 Å². The van der Waals surface area contributed by atoms with Crippen molar-refractivity contribution < 1.29 is 27.3 Å². The van der Waals surface area contributed by atoms with Gasteiger partial charge in [0, 0.05) is 32.2 Å². The first-order valence-electron chi connectivity index (χ1n) is 8.34. The van der Waals surface area contributed by atoms with Crippen LogP contribution in [0.15, 0.2) is 33.7 Å². The van der Waals surface area contributed by atoms with Crippen LogP contribution >= 0.6 is 11.6 Å². The molecule has 1 aromatic carbocycles. The number of hydrogen-bond acceptors (Lipinski definition) is 7. The molecule has 0 bridgehead atoms. The van der Waals surface area contributed by atoms with Gasteiger partial charge in [-0.15, -0.1) is 0 Å². The maximum Gasteiger partial charge on any atom is 0.337 e. The van der Waals surface area contributed by atoms with Gasteiger partial charge in [0.2, 0.25) is 15.8 Å². The number of nitrogens with zero attached hydrogens (tertiary/aromatic N) is 3. The summed E-state index contributed by atoms with van der Waals surface area (Å²) in [6.07, 6.45) is 0. The van der Waals surface area contributed by atoms with Crippen LogP contribution in [0.5, 0.6) is 0 Å². The van der Waals surface area contributed by atoms with Crippen molar-refractivity contribution in [2.45, 2.75) is 11.8 Å². The van der Waals surface area contributed by atoms with Gasteiger partial charge in [-0.2, -0.15) is 4.31 Å². The standard InChI is InChI=1S/C17H18ClN3O6S/c1-11-9-14(27-19-11)16(22)20-5-7-21(8-6-20)28(24,25)15-4-3-12(10-13(15)18)17(23)26-2/h3-4,9-10H,5-8H2,1-2H3. The van der Waals surface area contributed by atoms with Crippen LogP contribution < -0.4 is 0 Å². The number of halogens is 1. The van der Waals surface area contributed by atoms with Crippen molar-refractivity contribution in [1.29, 1.82) is 0 Å². The van der Waals surface area contributed by atoms with Gasteiger partial charge < -0.3 is 14.2 Å². The average molecular weight is 428 g/mol. The molecular weight excluding hydrogens is 410 g/mol. The molecule has 28 heavy (non-hydrogen) atoms. The lowest BCUT2D eigenvalue weighted by molar-refractivity contribution is 0.0600. The summed E-state index contributed by atoms with van der Waals surface area (Å²) in [5.74, 6) is -0.825. The monoisotopic (exact) mass is 427 g/mol. The van der Waals surface area contributed by atoms with E-state index in [1.54, 1.807) is 6.92 Å². The molecule has 0 aliphatic carbocycles. The second kappa shape index (κ2) is 7.90. The maximum absolute atomic E-state index is 12.9. The van der Waals surface area contributed by atoms with Crippen LogP contribution in [0.25, 0.3) is 0 Å². The third-order valence-electron chi connectivity index (χ3n) is 4.34. The van der Waals surface area contributed by atoms with Crippen molar-refractivity contribution in [3.05, 3.63) is 46.3 Å². The number of aromatic nitrogens is 1. The number of piperazine rings is 1. The van der Waals surface area contributed by atoms with E-state index < -0.39 is 16.0 Å². The summed E-state index contributed by atoms with van der Waals surface area (Å²) in [6.45, 7) is 2.33. The molecule has 0 saturated carbocycles. The zero-order valence-electron chi connectivity index (χ0n) is 15.2. The first-order chi connectivity index (χ1) is 13.2. The molecule has 1 fully saturated rings. The first-order valence-corrected chi connectivity index (χ1v) is 10.2. The van der Waals surface area contributed by atoms with E-state index in [-0.39, 0.29) is 53.3 Å². The number of amides is 1. The lowest BCUT2D eigenvalue weighted by Crippen LogP contribution is -2.50. The van der Waals surface area contributed by atoms with Gasteiger partial charge in [-0.05, 0) is 25.1 Å². The molecule has 2 aromatic rings. The Balaban J connectivity index is 1.73. The highest BCUT2D eigenvalue weighted by Crippen LogP contribution is 2.27. The molecule has 0 radical (unpaired) electrons. The van der Waals surface area contributed by atoms with Gasteiger partial charge in [0.15, 0.2) is 0 Å². The fraction of sp³-hybridized carbons (Fsp3) is 0.353. The Morgan fingerprint density at radius 3 is 2.39 bits per heavy atom. The Labute approximate surface area is 166 Å². The Kier molecular flexibility index (Phi) is 5.73. The van der Waals surface area contributed by atoms with Crippen molar-refractivity contribution in [2.75, 3.05) is 33.3 Å². The lowest BCUT2D eigenvalue weighted by atomic mass is 10.2. The number of carbonyl (C=O) groups is 2. The number of hydrogen-bond donors (Lipinski definition) is 0. The summed E-state index contributed by atoms with van der Waals surface area (Å²) in [7, 11) is -2.65. The molecule has 9 nitrogen and oxygen atoms in total. The van der Waals surface area contributed by atoms with Gasteiger partial charge in [-0.1, -0.05) is 16.8 Å². The number of methoxy groups -OCH3 is 1. The number of sulfonamides is 1. The molecule has 1 aliphatic rings. The van der Waals surface area contributed by atoms with Crippen LogP contribution in [0, 0.1) is 6.92 Å². The van der Waals surface area contributed by atoms with Gasteiger partial charge in [0.1, 0.15) is 4.90 Å². The SMILES string of the molecule is COC(=O)c1ccc(S(=O)(=O)N2CCN(C(=O)c3cc(C)no3)CC2)c(Cl)c1. The number of aryl methyl sites for hydroxylation is 1. The van der Waals surface area contributed by atoms with E-state index in [9.17, 15) is 18.0 Å². The van der Waals surface area contributed by atoms with E-state index in [4.69, 9.17) is 16.1 Å². The van der Waals surface area contributed by atoms with E-state index in [0.29, 0.717) is 5.69 Å². The van der Waals surface area contributed by atoms with Crippen molar-refractivity contribution in [3.63, 3.8) is 0 Å². The van der Waals surface area contributed by atoms with E-state index in [1.165, 1.54) is 40.6 Å². The second-order valence-electron chi connectivity index (χ2n) is 6.17. The molecule has 150 valence electrons. The number of rotatable bonds is 4. The zero-order chi connectivity index (χ0) is 20.5. The van der Waals surface area contributed by atoms with Crippen LogP contribution in [-0.2, 0) is 14.8 Å². The maximum atomic E-state index is 12.9. The summed E-state index contributed by atoms with van der Waals surface area (Å²) < 4.78 is 36.6. The summed E-state index contributed by atoms with van der Waals surface area (Å²) in [5.41, 5.74) is 0.749. The Bertz CT molecular complexity index is 1010. The van der Waals surface area contributed by atoms with Crippen molar-refractivity contribution >= 4 is 33.5 Å². The Morgan fingerprint density at radius 1 is 1.18 bits per heavy atom. The highest BCUT2D eigenvalue weighted by molar-refractivity contribution is 7.89. The fourth-order valence-corrected chi connectivity index (χ4v) is 4.79. The summed E-state index contributed by atoms with van der Waals surface area (Å²) >= 11 is 6.10.